The van der Waals surface area contributed by atoms with Crippen molar-refractivity contribution in [2.24, 2.45) is 0 Å². The Morgan fingerprint density at radius 2 is 1.84 bits per heavy atom. The highest BCUT2D eigenvalue weighted by Crippen LogP contribution is 2.33. The molecule has 3 heterocycles. The van der Waals surface area contributed by atoms with Crippen LogP contribution in [0.25, 0.3) is 21.1 Å². The summed E-state index contributed by atoms with van der Waals surface area (Å²) in [6.07, 6.45) is 7.30. The number of benzene rings is 2. The number of fused-ring (bicyclic) bond motifs is 2. The van der Waals surface area contributed by atoms with E-state index in [2.05, 4.69) is 64.2 Å². The molecule has 0 atom stereocenters. The number of para-hydroxylation sites is 2. The molecular formula is C27H31N3OS. The zero-order valence-electron chi connectivity index (χ0n) is 18.8. The van der Waals surface area contributed by atoms with E-state index in [1.165, 1.54) is 39.0 Å². The Hall–Kier alpha value is -2.50. The first-order valence-electron chi connectivity index (χ1n) is 11.8. The lowest BCUT2D eigenvalue weighted by Gasteiger charge is -2.31. The van der Waals surface area contributed by atoms with Gasteiger partial charge in [0.1, 0.15) is 5.78 Å². The zero-order valence-corrected chi connectivity index (χ0v) is 19.6. The van der Waals surface area contributed by atoms with Crippen LogP contribution in [-0.2, 0) is 17.8 Å². The van der Waals surface area contributed by atoms with Crippen LogP contribution in [0.2, 0.25) is 0 Å². The quantitative estimate of drug-likeness (QED) is 0.332. The molecule has 166 valence electrons. The van der Waals surface area contributed by atoms with Gasteiger partial charge in [0, 0.05) is 36.0 Å². The maximum atomic E-state index is 11.5. The van der Waals surface area contributed by atoms with Gasteiger partial charge in [-0.2, -0.15) is 0 Å². The fourth-order valence-electron chi connectivity index (χ4n) is 4.95. The molecule has 0 aliphatic carbocycles. The summed E-state index contributed by atoms with van der Waals surface area (Å²) in [5.74, 6) is 0.872. The number of Topliss-reactive ketones (excluding diaryl/α,β-unsaturated/α-hetero) is 1. The number of ketones is 1. The number of hydrogen-bond acceptors (Lipinski definition) is 4. The van der Waals surface area contributed by atoms with E-state index in [9.17, 15) is 4.79 Å². The van der Waals surface area contributed by atoms with Gasteiger partial charge in [-0.25, -0.2) is 4.98 Å². The predicted molar refractivity (Wildman–Crippen MR) is 134 cm³/mol. The summed E-state index contributed by atoms with van der Waals surface area (Å²) < 4.78 is 3.70. The standard InChI is InChI=1S/C27H31N3OS/c1-20(31)11-12-22-19-30(25-9-4-2-7-23(22)25)16-6-15-29-17-13-21(14-18-29)27-28-24-8-3-5-10-26(24)32-27/h2-5,7-10,19,21H,6,11-18H2,1H3. The van der Waals surface area contributed by atoms with Crippen LogP contribution in [0.15, 0.2) is 54.7 Å². The molecule has 32 heavy (non-hydrogen) atoms. The lowest BCUT2D eigenvalue weighted by atomic mass is 9.97. The van der Waals surface area contributed by atoms with Crippen LogP contribution in [0.5, 0.6) is 0 Å². The van der Waals surface area contributed by atoms with Gasteiger partial charge in [-0.05, 0) is 76.0 Å². The second-order valence-corrected chi connectivity index (χ2v) is 10.1. The van der Waals surface area contributed by atoms with Gasteiger partial charge in [0.2, 0.25) is 0 Å². The zero-order chi connectivity index (χ0) is 21.9. The third-order valence-electron chi connectivity index (χ3n) is 6.74. The summed E-state index contributed by atoms with van der Waals surface area (Å²) in [6.45, 7) is 6.17. The Morgan fingerprint density at radius 1 is 1.06 bits per heavy atom. The molecule has 0 amide bonds. The molecule has 2 aromatic carbocycles. The van der Waals surface area contributed by atoms with Gasteiger partial charge in [-0.1, -0.05) is 30.3 Å². The Morgan fingerprint density at radius 3 is 2.66 bits per heavy atom. The number of nitrogens with zero attached hydrogens (tertiary/aromatic N) is 3. The maximum absolute atomic E-state index is 11.5. The van der Waals surface area contributed by atoms with E-state index in [0.29, 0.717) is 12.3 Å². The molecule has 0 unspecified atom stereocenters. The number of piperidine rings is 1. The highest BCUT2D eigenvalue weighted by Gasteiger charge is 2.23. The molecular weight excluding hydrogens is 414 g/mol. The summed E-state index contributed by atoms with van der Waals surface area (Å²) in [5.41, 5.74) is 3.74. The number of rotatable bonds is 8. The molecule has 1 aliphatic rings. The molecule has 2 aromatic heterocycles. The molecule has 0 saturated carbocycles. The third kappa shape index (κ3) is 4.64. The molecule has 5 rings (SSSR count). The van der Waals surface area contributed by atoms with E-state index in [1.807, 2.05) is 11.3 Å². The normalized spacial score (nSPS) is 15.7. The third-order valence-corrected chi connectivity index (χ3v) is 7.94. The fourth-order valence-corrected chi connectivity index (χ4v) is 6.09. The van der Waals surface area contributed by atoms with Crippen molar-refractivity contribution in [1.29, 1.82) is 0 Å². The number of thiazole rings is 1. The highest BCUT2D eigenvalue weighted by atomic mass is 32.1. The number of carbonyl (C=O) groups excluding carboxylic acids is 1. The average Bonchev–Trinajstić information content (AvgIpc) is 3.40. The second-order valence-electron chi connectivity index (χ2n) is 9.06. The Labute approximate surface area is 193 Å². The van der Waals surface area contributed by atoms with Gasteiger partial charge in [0.15, 0.2) is 0 Å². The summed E-state index contributed by atoms with van der Waals surface area (Å²) in [4.78, 5) is 19.0. The number of hydrogen-bond donors (Lipinski definition) is 0. The number of likely N-dealkylation sites (tertiary alicyclic amines) is 1. The van der Waals surface area contributed by atoms with Crippen LogP contribution < -0.4 is 0 Å². The second kappa shape index (κ2) is 9.55. The van der Waals surface area contributed by atoms with Crippen molar-refractivity contribution in [2.75, 3.05) is 19.6 Å². The van der Waals surface area contributed by atoms with Gasteiger partial charge < -0.3 is 14.3 Å². The Bertz CT molecular complexity index is 1180. The molecule has 0 bridgehead atoms. The molecule has 5 heteroatoms. The Kier molecular flexibility index (Phi) is 6.37. The van der Waals surface area contributed by atoms with Crippen molar-refractivity contribution >= 4 is 38.2 Å². The SMILES string of the molecule is CC(=O)CCc1cn(CCCN2CCC(c3nc4ccccc4s3)CC2)c2ccccc12. The van der Waals surface area contributed by atoms with E-state index >= 15 is 0 Å². The minimum absolute atomic E-state index is 0.260. The van der Waals surface area contributed by atoms with Gasteiger partial charge >= 0.3 is 0 Å². The fraction of sp³-hybridized carbons (Fsp3) is 0.407. The van der Waals surface area contributed by atoms with Crippen molar-refractivity contribution < 1.29 is 4.79 Å². The van der Waals surface area contributed by atoms with E-state index in [1.54, 1.807) is 6.92 Å². The van der Waals surface area contributed by atoms with E-state index < -0.39 is 0 Å². The van der Waals surface area contributed by atoms with Crippen molar-refractivity contribution in [2.45, 2.75) is 51.5 Å². The van der Waals surface area contributed by atoms with E-state index in [4.69, 9.17) is 4.98 Å². The van der Waals surface area contributed by atoms with Crippen molar-refractivity contribution in [3.05, 3.63) is 65.3 Å². The predicted octanol–water partition coefficient (Wildman–Crippen LogP) is 6.04. The molecule has 1 fully saturated rings. The van der Waals surface area contributed by atoms with Gasteiger partial charge in [0.25, 0.3) is 0 Å². The topological polar surface area (TPSA) is 38.1 Å². The molecule has 1 aliphatic heterocycles. The minimum Gasteiger partial charge on any atom is -0.347 e. The van der Waals surface area contributed by atoms with Gasteiger partial charge in [-0.15, -0.1) is 11.3 Å². The van der Waals surface area contributed by atoms with Crippen molar-refractivity contribution in [3.63, 3.8) is 0 Å². The summed E-state index contributed by atoms with van der Waals surface area (Å²) >= 11 is 1.88. The molecule has 0 N–H and O–H groups in total. The smallest absolute Gasteiger partial charge is 0.130 e. The Balaban J connectivity index is 1.15. The highest BCUT2D eigenvalue weighted by molar-refractivity contribution is 7.18. The van der Waals surface area contributed by atoms with Crippen LogP contribution in [0.3, 0.4) is 0 Å². The first-order valence-corrected chi connectivity index (χ1v) is 12.6. The molecule has 4 aromatic rings. The summed E-state index contributed by atoms with van der Waals surface area (Å²) in [7, 11) is 0. The minimum atomic E-state index is 0.260. The van der Waals surface area contributed by atoms with Crippen LogP contribution in [0.4, 0.5) is 0 Å². The number of carbonyl (C=O) groups is 1. The molecule has 4 nitrogen and oxygen atoms in total. The first-order chi connectivity index (χ1) is 15.7. The lowest BCUT2D eigenvalue weighted by Crippen LogP contribution is -2.34. The monoisotopic (exact) mass is 445 g/mol. The average molecular weight is 446 g/mol. The number of aromatic nitrogens is 2. The molecule has 1 saturated heterocycles. The largest absolute Gasteiger partial charge is 0.347 e. The summed E-state index contributed by atoms with van der Waals surface area (Å²) in [5, 5.41) is 2.62. The van der Waals surface area contributed by atoms with Crippen LogP contribution in [0, 0.1) is 0 Å². The van der Waals surface area contributed by atoms with Gasteiger partial charge in [-0.3, -0.25) is 0 Å². The van der Waals surface area contributed by atoms with E-state index in [-0.39, 0.29) is 5.78 Å². The first kappa shape index (κ1) is 21.4. The van der Waals surface area contributed by atoms with Crippen molar-refractivity contribution in [1.82, 2.24) is 14.5 Å². The summed E-state index contributed by atoms with van der Waals surface area (Å²) in [6, 6.07) is 17.1. The number of aryl methyl sites for hydroxylation is 2. The molecule has 0 spiro atoms. The maximum Gasteiger partial charge on any atom is 0.130 e. The van der Waals surface area contributed by atoms with Crippen LogP contribution in [-0.4, -0.2) is 39.9 Å². The molecule has 0 radical (unpaired) electrons. The van der Waals surface area contributed by atoms with Crippen molar-refractivity contribution in [3.8, 4) is 0 Å². The van der Waals surface area contributed by atoms with E-state index in [0.717, 1.165) is 44.5 Å². The lowest BCUT2D eigenvalue weighted by molar-refractivity contribution is -0.116. The van der Waals surface area contributed by atoms with Gasteiger partial charge in [0.05, 0.1) is 15.2 Å². The van der Waals surface area contributed by atoms with Crippen LogP contribution in [0.1, 0.15) is 49.1 Å². The van der Waals surface area contributed by atoms with Crippen LogP contribution >= 0.6 is 11.3 Å².